The summed E-state index contributed by atoms with van der Waals surface area (Å²) in [4.78, 5) is 13.1. The van der Waals surface area contributed by atoms with Crippen molar-refractivity contribution in [3.05, 3.63) is 125 Å². The van der Waals surface area contributed by atoms with Crippen molar-refractivity contribution < 1.29 is 18.8 Å². The molecule has 1 amide bonds. The molecule has 6 rings (SSSR count). The van der Waals surface area contributed by atoms with Gasteiger partial charge in [0, 0.05) is 12.5 Å². The normalized spacial score (nSPS) is 17.0. The molecule has 1 N–H and O–H groups in total. The SMILES string of the molecule is CC1(C)OB(C(=Cc2ccccc2-c2ccccc2)CNC(=O)OCC2c3ccccc3-c3ccccc32)OC1(C)C. The van der Waals surface area contributed by atoms with Gasteiger partial charge < -0.3 is 19.4 Å². The number of amides is 1. The number of carbonyl (C=O) groups is 1. The van der Waals surface area contributed by atoms with E-state index in [1.54, 1.807) is 0 Å². The maximum absolute atomic E-state index is 13.1. The monoisotopic (exact) mass is 557 g/mol. The first-order valence-corrected chi connectivity index (χ1v) is 14.5. The molecule has 1 aliphatic carbocycles. The third kappa shape index (κ3) is 5.40. The summed E-state index contributed by atoms with van der Waals surface area (Å²) in [7, 11) is -0.618. The second kappa shape index (κ2) is 11.3. The van der Waals surface area contributed by atoms with Crippen molar-refractivity contribution in [1.82, 2.24) is 5.32 Å². The van der Waals surface area contributed by atoms with E-state index in [1.807, 2.05) is 82.3 Å². The molecule has 42 heavy (non-hydrogen) atoms. The Kier molecular flexibility index (Phi) is 7.52. The maximum Gasteiger partial charge on any atom is 0.492 e. The minimum absolute atomic E-state index is 0.000918. The van der Waals surface area contributed by atoms with Crippen LogP contribution in [0.4, 0.5) is 4.79 Å². The summed E-state index contributed by atoms with van der Waals surface area (Å²) in [6, 6.07) is 35.1. The van der Waals surface area contributed by atoms with Crippen molar-refractivity contribution in [3.8, 4) is 22.3 Å². The Morgan fingerprint density at radius 1 is 0.762 bits per heavy atom. The molecule has 6 heteroatoms. The van der Waals surface area contributed by atoms with E-state index < -0.39 is 24.4 Å². The first kappa shape index (κ1) is 28.0. The molecule has 0 radical (unpaired) electrons. The smallest absolute Gasteiger partial charge is 0.449 e. The molecule has 1 fully saturated rings. The van der Waals surface area contributed by atoms with Crippen LogP contribution in [0.5, 0.6) is 0 Å². The summed E-state index contributed by atoms with van der Waals surface area (Å²) < 4.78 is 18.6. The molecule has 1 heterocycles. The fourth-order valence-electron chi connectivity index (χ4n) is 5.72. The van der Waals surface area contributed by atoms with Crippen molar-refractivity contribution in [2.75, 3.05) is 13.2 Å². The third-order valence-corrected chi connectivity index (χ3v) is 8.72. The Morgan fingerprint density at radius 3 is 1.90 bits per heavy atom. The highest BCUT2D eigenvalue weighted by molar-refractivity contribution is 6.56. The summed E-state index contributed by atoms with van der Waals surface area (Å²) in [5, 5.41) is 2.98. The van der Waals surface area contributed by atoms with Gasteiger partial charge in [0.15, 0.2) is 0 Å². The molecule has 0 spiro atoms. The highest BCUT2D eigenvalue weighted by atomic mass is 16.7. The zero-order valence-corrected chi connectivity index (χ0v) is 24.6. The van der Waals surface area contributed by atoms with E-state index in [0.717, 1.165) is 22.2 Å². The number of rotatable bonds is 7. The molecule has 0 aromatic heterocycles. The van der Waals surface area contributed by atoms with Gasteiger partial charge in [0.05, 0.1) is 11.2 Å². The quantitative estimate of drug-likeness (QED) is 0.235. The predicted octanol–water partition coefficient (Wildman–Crippen LogP) is 7.91. The topological polar surface area (TPSA) is 56.8 Å². The van der Waals surface area contributed by atoms with Gasteiger partial charge in [-0.25, -0.2) is 4.79 Å². The largest absolute Gasteiger partial charge is 0.492 e. The van der Waals surface area contributed by atoms with Crippen molar-refractivity contribution >= 4 is 19.3 Å². The lowest BCUT2D eigenvalue weighted by atomic mass is 9.76. The number of alkyl carbamates (subject to hydrolysis) is 1. The predicted molar refractivity (Wildman–Crippen MR) is 169 cm³/mol. The standard InChI is InChI=1S/C36H36BNO4/c1-35(2)36(3,4)42-37(41-35)27(22-26-16-8-9-17-28(26)25-14-6-5-7-15-25)23-38-34(39)40-24-33-31-20-12-10-18-29(31)30-19-11-13-21-32(30)33/h5-22,33H,23-24H2,1-4H3,(H,38,39). The van der Waals surface area contributed by atoms with E-state index in [-0.39, 0.29) is 19.1 Å². The molecule has 0 bridgehead atoms. The lowest BCUT2D eigenvalue weighted by molar-refractivity contribution is 0.00578. The molecular formula is C36H36BNO4. The van der Waals surface area contributed by atoms with Crippen LogP contribution in [0.15, 0.2) is 109 Å². The van der Waals surface area contributed by atoms with Gasteiger partial charge in [0.1, 0.15) is 6.61 Å². The molecule has 0 saturated carbocycles. The van der Waals surface area contributed by atoms with Crippen LogP contribution >= 0.6 is 0 Å². The molecule has 5 nitrogen and oxygen atoms in total. The molecule has 212 valence electrons. The molecule has 1 aliphatic heterocycles. The van der Waals surface area contributed by atoms with E-state index in [1.165, 1.54) is 22.3 Å². The van der Waals surface area contributed by atoms with Crippen LogP contribution in [0, 0.1) is 0 Å². The Balaban J connectivity index is 1.22. The second-order valence-corrected chi connectivity index (χ2v) is 11.9. The Hall–Kier alpha value is -4.13. The van der Waals surface area contributed by atoms with Gasteiger partial charge in [0.2, 0.25) is 0 Å². The average molecular weight is 557 g/mol. The fraction of sp³-hybridized carbons (Fsp3) is 0.250. The average Bonchev–Trinajstić information content (AvgIpc) is 3.43. The molecule has 0 atom stereocenters. The van der Waals surface area contributed by atoms with Crippen molar-refractivity contribution in [2.24, 2.45) is 0 Å². The van der Waals surface area contributed by atoms with Crippen LogP contribution in [-0.2, 0) is 14.0 Å². The Labute approximate surface area is 248 Å². The van der Waals surface area contributed by atoms with Crippen LogP contribution in [0.3, 0.4) is 0 Å². The first-order chi connectivity index (χ1) is 20.2. The van der Waals surface area contributed by atoms with Gasteiger partial charge in [-0.05, 0) is 72.1 Å². The van der Waals surface area contributed by atoms with Crippen LogP contribution in [0.2, 0.25) is 0 Å². The number of ether oxygens (including phenoxy) is 1. The zero-order chi connectivity index (χ0) is 29.3. The number of carbonyl (C=O) groups excluding carboxylic acids is 1. The Morgan fingerprint density at radius 2 is 1.29 bits per heavy atom. The number of nitrogens with one attached hydrogen (secondary N) is 1. The lowest BCUT2D eigenvalue weighted by Gasteiger charge is -2.32. The van der Waals surface area contributed by atoms with Crippen LogP contribution in [0.1, 0.15) is 50.3 Å². The minimum atomic E-state index is -0.618. The molecule has 0 unspecified atom stereocenters. The highest BCUT2D eigenvalue weighted by Crippen LogP contribution is 2.44. The van der Waals surface area contributed by atoms with Gasteiger partial charge in [-0.3, -0.25) is 0 Å². The molecule has 1 saturated heterocycles. The second-order valence-electron chi connectivity index (χ2n) is 11.9. The number of fused-ring (bicyclic) bond motifs is 3. The highest BCUT2D eigenvalue weighted by Gasteiger charge is 2.52. The molecule has 4 aromatic carbocycles. The van der Waals surface area contributed by atoms with Crippen LogP contribution < -0.4 is 5.32 Å². The first-order valence-electron chi connectivity index (χ1n) is 14.5. The maximum atomic E-state index is 13.1. The molecular weight excluding hydrogens is 521 g/mol. The van der Waals surface area contributed by atoms with E-state index in [4.69, 9.17) is 14.0 Å². The third-order valence-electron chi connectivity index (χ3n) is 8.72. The lowest BCUT2D eigenvalue weighted by Crippen LogP contribution is -2.41. The van der Waals surface area contributed by atoms with Gasteiger partial charge in [0.25, 0.3) is 0 Å². The fourth-order valence-corrected chi connectivity index (χ4v) is 5.72. The van der Waals surface area contributed by atoms with E-state index in [0.29, 0.717) is 0 Å². The number of hydrogen-bond donors (Lipinski definition) is 1. The van der Waals surface area contributed by atoms with Gasteiger partial charge >= 0.3 is 13.2 Å². The van der Waals surface area contributed by atoms with Crippen molar-refractivity contribution in [1.29, 1.82) is 0 Å². The van der Waals surface area contributed by atoms with E-state index >= 15 is 0 Å². The van der Waals surface area contributed by atoms with Gasteiger partial charge in [-0.1, -0.05) is 109 Å². The summed E-state index contributed by atoms with van der Waals surface area (Å²) in [6.07, 6.45) is 1.59. The van der Waals surface area contributed by atoms with Gasteiger partial charge in [-0.2, -0.15) is 0 Å². The summed E-state index contributed by atoms with van der Waals surface area (Å²) in [5.41, 5.74) is 7.77. The summed E-state index contributed by atoms with van der Waals surface area (Å²) in [5.74, 6) is -0.000918. The van der Waals surface area contributed by atoms with Crippen molar-refractivity contribution in [2.45, 2.75) is 44.8 Å². The number of hydrogen-bond acceptors (Lipinski definition) is 4. The van der Waals surface area contributed by atoms with Crippen molar-refractivity contribution in [3.63, 3.8) is 0 Å². The van der Waals surface area contributed by atoms with Crippen LogP contribution in [-0.4, -0.2) is 37.6 Å². The van der Waals surface area contributed by atoms with E-state index in [2.05, 4.69) is 59.9 Å². The summed E-state index contributed by atoms with van der Waals surface area (Å²) >= 11 is 0. The molecule has 4 aromatic rings. The molecule has 2 aliphatic rings. The zero-order valence-electron chi connectivity index (χ0n) is 24.6. The number of benzene rings is 4. The summed E-state index contributed by atoms with van der Waals surface area (Å²) in [6.45, 7) is 8.59. The van der Waals surface area contributed by atoms with Crippen LogP contribution in [0.25, 0.3) is 28.3 Å². The Bertz CT molecular complexity index is 1570. The van der Waals surface area contributed by atoms with E-state index in [9.17, 15) is 4.79 Å². The van der Waals surface area contributed by atoms with Gasteiger partial charge in [-0.15, -0.1) is 0 Å². The minimum Gasteiger partial charge on any atom is -0.449 e.